The monoisotopic (exact) mass is 342 g/mol. The van der Waals surface area contributed by atoms with Crippen LogP contribution in [0, 0.1) is 0 Å². The van der Waals surface area contributed by atoms with E-state index in [-0.39, 0.29) is 0 Å². The number of nitrogens with one attached hydrogen (secondary N) is 2. The van der Waals surface area contributed by atoms with E-state index in [0.29, 0.717) is 12.1 Å². The van der Waals surface area contributed by atoms with E-state index in [9.17, 15) is 0 Å². The molecule has 0 atom stereocenters. The molecule has 2 nitrogen and oxygen atoms in total. The predicted octanol–water partition coefficient (Wildman–Crippen LogP) is 6.69. The maximum absolute atomic E-state index is 3.57. The zero-order valence-corrected chi connectivity index (χ0v) is 18.1. The van der Waals surface area contributed by atoms with Crippen LogP contribution in [0.5, 0.6) is 0 Å². The Morgan fingerprint density at radius 1 is 0.500 bits per heavy atom. The SMILES string of the molecule is CC(C)NC(C)C.CCCCCCCCNCCCCCCCC. The molecule has 0 rings (SSSR count). The van der Waals surface area contributed by atoms with Gasteiger partial charge in [0.1, 0.15) is 0 Å². The van der Waals surface area contributed by atoms with Crippen LogP contribution in [0.2, 0.25) is 0 Å². The van der Waals surface area contributed by atoms with Crippen molar-refractivity contribution >= 4 is 0 Å². The third-order valence-corrected chi connectivity index (χ3v) is 4.08. The van der Waals surface area contributed by atoms with Gasteiger partial charge in [-0.15, -0.1) is 0 Å². The molecule has 0 saturated heterocycles. The van der Waals surface area contributed by atoms with E-state index in [1.807, 2.05) is 0 Å². The highest BCUT2D eigenvalue weighted by Crippen LogP contribution is 2.05. The summed E-state index contributed by atoms with van der Waals surface area (Å²) in [7, 11) is 0. The fourth-order valence-corrected chi connectivity index (χ4v) is 2.85. The van der Waals surface area contributed by atoms with E-state index in [1.165, 1.54) is 90.1 Å². The normalized spacial score (nSPS) is 11.0. The number of unbranched alkanes of at least 4 members (excludes halogenated alkanes) is 10. The van der Waals surface area contributed by atoms with E-state index >= 15 is 0 Å². The summed E-state index contributed by atoms with van der Waals surface area (Å²) in [6, 6.07) is 1.25. The van der Waals surface area contributed by atoms with Crippen LogP contribution in [-0.2, 0) is 0 Å². The van der Waals surface area contributed by atoms with Crippen molar-refractivity contribution in [3.8, 4) is 0 Å². The van der Waals surface area contributed by atoms with Crippen LogP contribution >= 0.6 is 0 Å². The van der Waals surface area contributed by atoms with Gasteiger partial charge < -0.3 is 10.6 Å². The second-order valence-electron chi connectivity index (χ2n) is 7.76. The highest BCUT2D eigenvalue weighted by Gasteiger charge is 1.93. The molecule has 148 valence electrons. The first-order valence-corrected chi connectivity index (χ1v) is 11.0. The van der Waals surface area contributed by atoms with Crippen LogP contribution in [-0.4, -0.2) is 25.2 Å². The summed E-state index contributed by atoms with van der Waals surface area (Å²) in [6.45, 7) is 15.6. The fraction of sp³-hybridized carbons (Fsp3) is 1.00. The summed E-state index contributed by atoms with van der Waals surface area (Å²) >= 11 is 0. The van der Waals surface area contributed by atoms with Gasteiger partial charge in [0, 0.05) is 12.1 Å². The summed E-state index contributed by atoms with van der Waals surface area (Å²) < 4.78 is 0. The van der Waals surface area contributed by atoms with Crippen LogP contribution < -0.4 is 10.6 Å². The van der Waals surface area contributed by atoms with Crippen LogP contribution in [0.4, 0.5) is 0 Å². The van der Waals surface area contributed by atoms with Crippen molar-refractivity contribution in [3.63, 3.8) is 0 Å². The van der Waals surface area contributed by atoms with Gasteiger partial charge >= 0.3 is 0 Å². The first-order chi connectivity index (χ1) is 11.5. The lowest BCUT2D eigenvalue weighted by atomic mass is 10.1. The molecule has 0 aromatic heterocycles. The minimum absolute atomic E-state index is 0.625. The Bertz CT molecular complexity index is 182. The largest absolute Gasteiger partial charge is 0.317 e. The molecule has 0 spiro atoms. The maximum Gasteiger partial charge on any atom is 0.00127 e. The number of hydrogen-bond acceptors (Lipinski definition) is 2. The summed E-state index contributed by atoms with van der Waals surface area (Å²) in [6.07, 6.45) is 16.9. The molecule has 0 bridgehead atoms. The lowest BCUT2D eigenvalue weighted by molar-refractivity contribution is 0.518. The predicted molar refractivity (Wildman–Crippen MR) is 113 cm³/mol. The van der Waals surface area contributed by atoms with Crippen LogP contribution in [0.3, 0.4) is 0 Å². The Morgan fingerprint density at radius 3 is 1.12 bits per heavy atom. The second-order valence-corrected chi connectivity index (χ2v) is 7.76. The second kappa shape index (κ2) is 22.9. The van der Waals surface area contributed by atoms with Gasteiger partial charge in [0.15, 0.2) is 0 Å². The molecule has 0 aliphatic heterocycles. The summed E-state index contributed by atoms with van der Waals surface area (Å²) in [4.78, 5) is 0. The van der Waals surface area contributed by atoms with Gasteiger partial charge in [-0.05, 0) is 25.9 Å². The highest BCUT2D eigenvalue weighted by molar-refractivity contribution is 4.55. The Hall–Kier alpha value is -0.0800. The van der Waals surface area contributed by atoms with Gasteiger partial charge in [-0.3, -0.25) is 0 Å². The summed E-state index contributed by atoms with van der Waals surface area (Å²) in [5.41, 5.74) is 0. The molecular formula is C22H50N2. The van der Waals surface area contributed by atoms with Gasteiger partial charge in [0.25, 0.3) is 0 Å². The molecule has 0 amide bonds. The van der Waals surface area contributed by atoms with Crippen molar-refractivity contribution in [2.45, 2.75) is 131 Å². The maximum atomic E-state index is 3.57. The molecule has 0 radical (unpaired) electrons. The van der Waals surface area contributed by atoms with Crippen molar-refractivity contribution in [2.24, 2.45) is 0 Å². The summed E-state index contributed by atoms with van der Waals surface area (Å²) in [5.74, 6) is 0. The minimum Gasteiger partial charge on any atom is -0.317 e. The molecule has 0 aliphatic carbocycles. The van der Waals surface area contributed by atoms with Crippen LogP contribution in [0.1, 0.15) is 119 Å². The molecule has 0 heterocycles. The Kier molecular flexibility index (Phi) is 25.0. The molecule has 0 unspecified atom stereocenters. The van der Waals surface area contributed by atoms with Crippen molar-refractivity contribution in [3.05, 3.63) is 0 Å². The average molecular weight is 343 g/mol. The Morgan fingerprint density at radius 2 is 0.833 bits per heavy atom. The Labute approximate surface area is 155 Å². The van der Waals surface area contributed by atoms with Crippen molar-refractivity contribution in [1.82, 2.24) is 10.6 Å². The van der Waals surface area contributed by atoms with Crippen molar-refractivity contribution < 1.29 is 0 Å². The van der Waals surface area contributed by atoms with Crippen LogP contribution in [0.15, 0.2) is 0 Å². The molecule has 0 saturated carbocycles. The van der Waals surface area contributed by atoms with E-state index in [1.54, 1.807) is 0 Å². The number of hydrogen-bond donors (Lipinski definition) is 2. The van der Waals surface area contributed by atoms with E-state index in [0.717, 1.165) is 0 Å². The first-order valence-electron chi connectivity index (χ1n) is 11.0. The van der Waals surface area contributed by atoms with Gasteiger partial charge in [-0.2, -0.15) is 0 Å². The Balaban J connectivity index is 0. The van der Waals surface area contributed by atoms with E-state index in [4.69, 9.17) is 0 Å². The fourth-order valence-electron chi connectivity index (χ4n) is 2.85. The topological polar surface area (TPSA) is 24.1 Å². The van der Waals surface area contributed by atoms with Gasteiger partial charge in [-0.25, -0.2) is 0 Å². The zero-order chi connectivity index (χ0) is 18.5. The smallest absolute Gasteiger partial charge is 0.00127 e. The molecule has 24 heavy (non-hydrogen) atoms. The molecule has 0 aromatic rings. The summed E-state index contributed by atoms with van der Waals surface area (Å²) in [5, 5.41) is 6.87. The lowest BCUT2D eigenvalue weighted by Gasteiger charge is -2.10. The third-order valence-electron chi connectivity index (χ3n) is 4.08. The molecule has 0 aliphatic rings. The van der Waals surface area contributed by atoms with E-state index in [2.05, 4.69) is 52.2 Å². The first kappa shape index (κ1) is 26.2. The third kappa shape index (κ3) is 29.9. The van der Waals surface area contributed by atoms with Gasteiger partial charge in [-0.1, -0.05) is 106 Å². The average Bonchev–Trinajstić information content (AvgIpc) is 2.51. The molecule has 2 heteroatoms. The van der Waals surface area contributed by atoms with Crippen LogP contribution in [0.25, 0.3) is 0 Å². The molecule has 2 N–H and O–H groups in total. The number of rotatable bonds is 16. The highest BCUT2D eigenvalue weighted by atomic mass is 14.9. The lowest BCUT2D eigenvalue weighted by Crippen LogP contribution is -2.29. The van der Waals surface area contributed by atoms with Gasteiger partial charge in [0.05, 0.1) is 0 Å². The zero-order valence-electron chi connectivity index (χ0n) is 18.1. The van der Waals surface area contributed by atoms with Crippen molar-refractivity contribution in [1.29, 1.82) is 0 Å². The molecular weight excluding hydrogens is 292 g/mol. The quantitative estimate of drug-likeness (QED) is 0.305. The van der Waals surface area contributed by atoms with Crippen molar-refractivity contribution in [2.75, 3.05) is 13.1 Å². The van der Waals surface area contributed by atoms with E-state index < -0.39 is 0 Å². The molecule has 0 aromatic carbocycles. The van der Waals surface area contributed by atoms with Gasteiger partial charge in [0.2, 0.25) is 0 Å². The minimum atomic E-state index is 0.625. The standard InChI is InChI=1S/C16H35N.C6H15N/c1-3-5-7-9-11-13-15-17-16-14-12-10-8-6-4-2;1-5(2)7-6(3)4/h17H,3-16H2,1-2H3;5-7H,1-4H3. The molecule has 0 fully saturated rings.